The van der Waals surface area contributed by atoms with E-state index in [1.807, 2.05) is 0 Å². The van der Waals surface area contributed by atoms with Crippen molar-refractivity contribution in [3.05, 3.63) is 12.3 Å². The van der Waals surface area contributed by atoms with Crippen LogP contribution >= 0.6 is 0 Å². The van der Waals surface area contributed by atoms with E-state index in [-0.39, 0.29) is 5.95 Å². The number of hydrogen-bond donors (Lipinski definition) is 3. The maximum absolute atomic E-state index is 9.36. The number of hydrogen-bond acceptors (Lipinski definition) is 6. The summed E-state index contributed by atoms with van der Waals surface area (Å²) in [5, 5.41) is 12.4. The normalized spacial score (nSPS) is 12.4. The molecule has 0 fully saturated rings. The number of aliphatic hydroxyl groups is 1. The van der Waals surface area contributed by atoms with Crippen LogP contribution in [0.2, 0.25) is 0 Å². The fourth-order valence-corrected chi connectivity index (χ4v) is 1.11. The highest BCUT2D eigenvalue weighted by molar-refractivity contribution is 5.37. The Balaban J connectivity index is 2.25. The Morgan fingerprint density at radius 3 is 3.13 bits per heavy atom. The smallest absolute Gasteiger partial charge is 0.221 e. The molecular weight excluding hydrogens is 196 g/mol. The number of aromatic nitrogens is 2. The van der Waals surface area contributed by atoms with E-state index in [9.17, 15) is 5.11 Å². The molecule has 1 heterocycles. The van der Waals surface area contributed by atoms with Crippen molar-refractivity contribution in [3.8, 4) is 0 Å². The number of rotatable bonds is 6. The maximum atomic E-state index is 9.36. The van der Waals surface area contributed by atoms with Crippen molar-refractivity contribution in [1.82, 2.24) is 9.97 Å². The molecule has 0 saturated heterocycles. The van der Waals surface area contributed by atoms with Crippen LogP contribution in [0.1, 0.15) is 6.42 Å². The first-order chi connectivity index (χ1) is 7.22. The van der Waals surface area contributed by atoms with E-state index in [2.05, 4.69) is 15.3 Å². The first-order valence-electron chi connectivity index (χ1n) is 4.71. The highest BCUT2D eigenvalue weighted by Gasteiger charge is 2.02. The number of ether oxygens (including phenoxy) is 1. The van der Waals surface area contributed by atoms with Crippen LogP contribution in [0.25, 0.3) is 0 Å². The molecule has 84 valence electrons. The first-order valence-corrected chi connectivity index (χ1v) is 4.71. The summed E-state index contributed by atoms with van der Waals surface area (Å²) < 4.78 is 4.80. The van der Waals surface area contributed by atoms with Gasteiger partial charge in [-0.15, -0.1) is 0 Å². The van der Waals surface area contributed by atoms with Crippen molar-refractivity contribution in [2.75, 3.05) is 31.3 Å². The van der Waals surface area contributed by atoms with Gasteiger partial charge in [0.15, 0.2) is 0 Å². The summed E-state index contributed by atoms with van der Waals surface area (Å²) in [6, 6.07) is 1.72. The van der Waals surface area contributed by atoms with Gasteiger partial charge in [-0.3, -0.25) is 0 Å². The van der Waals surface area contributed by atoms with E-state index < -0.39 is 6.10 Å². The van der Waals surface area contributed by atoms with E-state index in [0.29, 0.717) is 25.4 Å². The van der Waals surface area contributed by atoms with Gasteiger partial charge in [-0.05, 0) is 12.5 Å². The lowest BCUT2D eigenvalue weighted by atomic mass is 10.2. The number of nitrogen functional groups attached to an aromatic ring is 1. The Kier molecular flexibility index (Phi) is 4.79. The van der Waals surface area contributed by atoms with Gasteiger partial charge in [-0.2, -0.15) is 4.98 Å². The van der Waals surface area contributed by atoms with Crippen molar-refractivity contribution < 1.29 is 9.84 Å². The van der Waals surface area contributed by atoms with Crippen LogP contribution in [0.15, 0.2) is 12.3 Å². The zero-order valence-corrected chi connectivity index (χ0v) is 8.68. The molecular formula is C9H16N4O2. The third-order valence-electron chi connectivity index (χ3n) is 1.82. The summed E-state index contributed by atoms with van der Waals surface area (Å²) in [4.78, 5) is 7.73. The lowest BCUT2D eigenvalue weighted by molar-refractivity contribution is 0.0615. The van der Waals surface area contributed by atoms with Crippen molar-refractivity contribution in [2.24, 2.45) is 0 Å². The van der Waals surface area contributed by atoms with Crippen molar-refractivity contribution in [3.63, 3.8) is 0 Å². The predicted molar refractivity (Wildman–Crippen MR) is 57.4 cm³/mol. The Labute approximate surface area is 88.5 Å². The predicted octanol–water partition coefficient (Wildman–Crippen LogP) is -0.132. The minimum absolute atomic E-state index is 0.234. The van der Waals surface area contributed by atoms with Gasteiger partial charge in [0.25, 0.3) is 0 Å². The molecule has 0 bridgehead atoms. The third kappa shape index (κ3) is 4.57. The van der Waals surface area contributed by atoms with Gasteiger partial charge in [0.05, 0.1) is 12.7 Å². The molecule has 4 N–H and O–H groups in total. The fraction of sp³-hybridized carbons (Fsp3) is 0.556. The second-order valence-corrected chi connectivity index (χ2v) is 3.12. The van der Waals surface area contributed by atoms with Crippen LogP contribution in [0.4, 0.5) is 11.8 Å². The number of nitrogens with one attached hydrogen (secondary N) is 1. The molecule has 1 rings (SSSR count). The Bertz CT molecular complexity index is 295. The lowest BCUT2D eigenvalue weighted by Gasteiger charge is -2.10. The molecule has 0 spiro atoms. The molecule has 15 heavy (non-hydrogen) atoms. The number of aliphatic hydroxyl groups excluding tert-OH is 1. The summed E-state index contributed by atoms with van der Waals surface area (Å²) >= 11 is 0. The van der Waals surface area contributed by atoms with Crippen molar-refractivity contribution >= 4 is 11.8 Å². The number of nitrogens with two attached hydrogens (primary N) is 1. The molecule has 0 amide bonds. The van der Waals surface area contributed by atoms with E-state index in [0.717, 1.165) is 0 Å². The first kappa shape index (κ1) is 11.7. The highest BCUT2D eigenvalue weighted by Crippen LogP contribution is 2.03. The van der Waals surface area contributed by atoms with Crippen LogP contribution < -0.4 is 11.1 Å². The van der Waals surface area contributed by atoms with Gasteiger partial charge < -0.3 is 20.9 Å². The van der Waals surface area contributed by atoms with E-state index in [4.69, 9.17) is 10.5 Å². The molecule has 1 aromatic heterocycles. The average molecular weight is 212 g/mol. The van der Waals surface area contributed by atoms with Crippen LogP contribution in [0, 0.1) is 0 Å². The zero-order valence-electron chi connectivity index (χ0n) is 8.68. The second-order valence-electron chi connectivity index (χ2n) is 3.12. The van der Waals surface area contributed by atoms with Crippen LogP contribution in [-0.2, 0) is 4.74 Å². The summed E-state index contributed by atoms with van der Waals surface area (Å²) in [7, 11) is 1.56. The lowest BCUT2D eigenvalue weighted by Crippen LogP contribution is -2.18. The Morgan fingerprint density at radius 2 is 2.47 bits per heavy atom. The monoisotopic (exact) mass is 212 g/mol. The molecule has 1 aromatic rings. The Morgan fingerprint density at radius 1 is 1.67 bits per heavy atom. The van der Waals surface area contributed by atoms with E-state index >= 15 is 0 Å². The molecule has 1 atom stereocenters. The summed E-state index contributed by atoms with van der Waals surface area (Å²) in [5.41, 5.74) is 5.41. The molecule has 0 aliphatic heterocycles. The highest BCUT2D eigenvalue weighted by atomic mass is 16.5. The molecule has 1 unspecified atom stereocenters. The molecule has 6 heteroatoms. The van der Waals surface area contributed by atoms with Gasteiger partial charge in [-0.1, -0.05) is 0 Å². The fourth-order valence-electron chi connectivity index (χ4n) is 1.11. The van der Waals surface area contributed by atoms with Gasteiger partial charge >= 0.3 is 0 Å². The molecule has 0 aliphatic rings. The van der Waals surface area contributed by atoms with Gasteiger partial charge in [0.2, 0.25) is 5.95 Å². The summed E-state index contributed by atoms with van der Waals surface area (Å²) in [6.07, 6.45) is 1.72. The summed E-state index contributed by atoms with van der Waals surface area (Å²) in [6.45, 7) is 0.953. The second kappa shape index (κ2) is 6.15. The van der Waals surface area contributed by atoms with Gasteiger partial charge in [-0.25, -0.2) is 4.98 Å². The zero-order chi connectivity index (χ0) is 11.1. The SMILES string of the molecule is COCC(O)CCNc1ccnc(N)n1. The minimum Gasteiger partial charge on any atom is -0.391 e. The minimum atomic E-state index is -0.457. The van der Waals surface area contributed by atoms with E-state index in [1.165, 1.54) is 0 Å². The number of nitrogens with zero attached hydrogens (tertiary/aromatic N) is 2. The van der Waals surface area contributed by atoms with Gasteiger partial charge in [0, 0.05) is 19.9 Å². The average Bonchev–Trinajstić information content (AvgIpc) is 2.18. The number of methoxy groups -OCH3 is 1. The Hall–Kier alpha value is -1.40. The van der Waals surface area contributed by atoms with E-state index in [1.54, 1.807) is 19.4 Å². The largest absolute Gasteiger partial charge is 0.391 e. The van der Waals surface area contributed by atoms with Crippen LogP contribution in [0.3, 0.4) is 0 Å². The summed E-state index contributed by atoms with van der Waals surface area (Å²) in [5.74, 6) is 0.893. The standard InChI is InChI=1S/C9H16N4O2/c1-15-6-7(14)2-4-11-8-3-5-12-9(10)13-8/h3,5,7,14H,2,4,6H2,1H3,(H3,10,11,12,13). The van der Waals surface area contributed by atoms with Crippen molar-refractivity contribution in [2.45, 2.75) is 12.5 Å². The third-order valence-corrected chi connectivity index (χ3v) is 1.82. The molecule has 0 aliphatic carbocycles. The van der Waals surface area contributed by atoms with Crippen molar-refractivity contribution in [1.29, 1.82) is 0 Å². The maximum Gasteiger partial charge on any atom is 0.221 e. The van der Waals surface area contributed by atoms with Gasteiger partial charge in [0.1, 0.15) is 5.82 Å². The quantitative estimate of drug-likeness (QED) is 0.608. The number of anilines is 2. The molecule has 0 radical (unpaired) electrons. The molecule has 6 nitrogen and oxygen atoms in total. The molecule has 0 aromatic carbocycles. The van der Waals surface area contributed by atoms with Crippen LogP contribution in [0.5, 0.6) is 0 Å². The van der Waals surface area contributed by atoms with Crippen LogP contribution in [-0.4, -0.2) is 41.4 Å². The topological polar surface area (TPSA) is 93.3 Å². The molecule has 0 saturated carbocycles.